The third kappa shape index (κ3) is 3.53. The fraction of sp³-hybridized carbons (Fsp3) is 0.562. The molecule has 0 bridgehead atoms. The lowest BCUT2D eigenvalue weighted by Gasteiger charge is -2.19. The van der Waals surface area contributed by atoms with Gasteiger partial charge in [0.05, 0.1) is 0 Å². The maximum Gasteiger partial charge on any atom is 0.220 e. The molecule has 2 rings (SSSR count). The summed E-state index contributed by atoms with van der Waals surface area (Å²) < 4.78 is 0. The molecule has 1 amide bonds. The van der Waals surface area contributed by atoms with Crippen molar-refractivity contribution >= 4 is 17.7 Å². The Kier molecular flexibility index (Phi) is 4.92. The monoisotopic (exact) mass is 277 g/mol. The van der Waals surface area contributed by atoms with E-state index in [1.54, 1.807) is 11.8 Å². The molecule has 0 radical (unpaired) electrons. The average molecular weight is 277 g/mol. The fourth-order valence-corrected chi connectivity index (χ4v) is 3.19. The summed E-state index contributed by atoms with van der Waals surface area (Å²) in [5.74, 6) is 0.203. The molecule has 0 heterocycles. The van der Waals surface area contributed by atoms with Crippen LogP contribution in [0.15, 0.2) is 29.2 Å². The van der Waals surface area contributed by atoms with E-state index in [1.807, 2.05) is 0 Å². The maximum absolute atomic E-state index is 11.7. The van der Waals surface area contributed by atoms with Crippen molar-refractivity contribution in [2.24, 2.45) is 0 Å². The van der Waals surface area contributed by atoms with Gasteiger partial charge in [0.1, 0.15) is 0 Å². The highest BCUT2D eigenvalue weighted by Gasteiger charge is 2.45. The highest BCUT2D eigenvalue weighted by atomic mass is 32.2. The Bertz CT molecular complexity index is 440. The van der Waals surface area contributed by atoms with Crippen molar-refractivity contribution in [1.82, 2.24) is 5.32 Å². The molecule has 1 N–H and O–H groups in total. The number of hydrogen-bond acceptors (Lipinski definition) is 2. The number of amides is 1. The fourth-order valence-electron chi connectivity index (χ4n) is 2.47. The summed E-state index contributed by atoms with van der Waals surface area (Å²) in [5, 5.41) is 3.12. The summed E-state index contributed by atoms with van der Waals surface area (Å²) >= 11 is 1.80. The second-order valence-corrected chi connectivity index (χ2v) is 6.21. The Morgan fingerprint density at radius 2 is 2.11 bits per heavy atom. The highest BCUT2D eigenvalue weighted by molar-refractivity contribution is 7.98. The van der Waals surface area contributed by atoms with E-state index < -0.39 is 0 Å². The summed E-state index contributed by atoms with van der Waals surface area (Å²) in [7, 11) is 0. The number of unbranched alkanes of at least 4 members (excludes halogenated alkanes) is 1. The molecule has 1 aromatic rings. The first kappa shape index (κ1) is 14.4. The van der Waals surface area contributed by atoms with Crippen molar-refractivity contribution in [3.05, 3.63) is 29.8 Å². The van der Waals surface area contributed by atoms with Crippen molar-refractivity contribution in [3.8, 4) is 0 Å². The van der Waals surface area contributed by atoms with E-state index in [0.29, 0.717) is 6.42 Å². The highest BCUT2D eigenvalue weighted by Crippen LogP contribution is 2.50. The Hall–Kier alpha value is -0.960. The number of carbonyl (C=O) groups excluding carboxylic acids is 1. The van der Waals surface area contributed by atoms with Gasteiger partial charge in [0.25, 0.3) is 0 Å². The van der Waals surface area contributed by atoms with Crippen molar-refractivity contribution in [3.63, 3.8) is 0 Å². The predicted molar refractivity (Wildman–Crippen MR) is 81.7 cm³/mol. The van der Waals surface area contributed by atoms with Crippen LogP contribution < -0.4 is 5.32 Å². The van der Waals surface area contributed by atoms with Crippen molar-refractivity contribution in [1.29, 1.82) is 0 Å². The molecule has 2 nitrogen and oxygen atoms in total. The Morgan fingerprint density at radius 3 is 2.74 bits per heavy atom. The maximum atomic E-state index is 11.7. The van der Waals surface area contributed by atoms with Crippen LogP contribution in [0, 0.1) is 0 Å². The zero-order valence-corrected chi connectivity index (χ0v) is 12.7. The second kappa shape index (κ2) is 6.47. The van der Waals surface area contributed by atoms with Crippen LogP contribution in [-0.4, -0.2) is 18.7 Å². The van der Waals surface area contributed by atoms with Gasteiger partial charge < -0.3 is 5.32 Å². The lowest BCUT2D eigenvalue weighted by molar-refractivity contribution is -0.121. The zero-order chi connectivity index (χ0) is 13.7. The molecular formula is C16H23NOS. The number of carbonyl (C=O) groups is 1. The molecule has 1 aliphatic carbocycles. The standard InChI is InChI=1S/C16H23NOS/c1-3-4-9-15(18)17-12-16(10-11-16)13-7-5-6-8-14(13)19-2/h5-8H,3-4,9-12H2,1-2H3,(H,17,18). The summed E-state index contributed by atoms with van der Waals surface area (Å²) in [5.41, 5.74) is 1.62. The van der Waals surface area contributed by atoms with E-state index in [4.69, 9.17) is 0 Å². The molecule has 0 spiro atoms. The second-order valence-electron chi connectivity index (χ2n) is 5.36. The van der Waals surface area contributed by atoms with Crippen LogP contribution in [0.5, 0.6) is 0 Å². The van der Waals surface area contributed by atoms with E-state index in [0.717, 1.165) is 19.4 Å². The SMILES string of the molecule is CCCCC(=O)NCC1(c2ccccc2SC)CC1. The molecule has 0 unspecified atom stereocenters. The molecule has 1 fully saturated rings. The van der Waals surface area contributed by atoms with Crippen LogP contribution in [0.4, 0.5) is 0 Å². The minimum Gasteiger partial charge on any atom is -0.355 e. The normalized spacial score (nSPS) is 16.1. The average Bonchev–Trinajstić information content (AvgIpc) is 3.24. The van der Waals surface area contributed by atoms with E-state index in [1.165, 1.54) is 23.3 Å². The number of rotatable bonds is 7. The number of benzene rings is 1. The van der Waals surface area contributed by atoms with E-state index in [2.05, 4.69) is 42.8 Å². The first-order chi connectivity index (χ1) is 9.22. The molecule has 0 atom stereocenters. The third-order valence-electron chi connectivity index (χ3n) is 3.91. The van der Waals surface area contributed by atoms with Gasteiger partial charge in [-0.1, -0.05) is 31.5 Å². The van der Waals surface area contributed by atoms with E-state index in [9.17, 15) is 4.79 Å². The number of thioether (sulfide) groups is 1. The van der Waals surface area contributed by atoms with Gasteiger partial charge >= 0.3 is 0 Å². The molecule has 1 saturated carbocycles. The molecule has 1 aromatic carbocycles. The third-order valence-corrected chi connectivity index (χ3v) is 4.71. The number of hydrogen-bond donors (Lipinski definition) is 1. The quantitative estimate of drug-likeness (QED) is 0.769. The molecule has 1 aliphatic rings. The van der Waals surface area contributed by atoms with Gasteiger partial charge in [0, 0.05) is 23.3 Å². The van der Waals surface area contributed by atoms with Gasteiger partial charge in [-0.2, -0.15) is 0 Å². The van der Waals surface area contributed by atoms with Crippen LogP contribution in [0.25, 0.3) is 0 Å². The van der Waals surface area contributed by atoms with Crippen molar-refractivity contribution in [2.75, 3.05) is 12.8 Å². The van der Waals surface area contributed by atoms with E-state index in [-0.39, 0.29) is 11.3 Å². The van der Waals surface area contributed by atoms with E-state index >= 15 is 0 Å². The lowest BCUT2D eigenvalue weighted by atomic mass is 9.96. The van der Waals surface area contributed by atoms with Crippen molar-refractivity contribution in [2.45, 2.75) is 49.3 Å². The van der Waals surface area contributed by atoms with Crippen LogP contribution in [-0.2, 0) is 10.2 Å². The van der Waals surface area contributed by atoms with Gasteiger partial charge in [-0.15, -0.1) is 11.8 Å². The predicted octanol–water partition coefficient (Wildman–Crippen LogP) is 3.75. The summed E-state index contributed by atoms with van der Waals surface area (Å²) in [4.78, 5) is 13.1. The largest absolute Gasteiger partial charge is 0.355 e. The Labute approximate surface area is 120 Å². The molecule has 0 aliphatic heterocycles. The molecular weight excluding hydrogens is 254 g/mol. The lowest BCUT2D eigenvalue weighted by Crippen LogP contribution is -2.32. The Balaban J connectivity index is 1.97. The number of nitrogens with one attached hydrogen (secondary N) is 1. The van der Waals surface area contributed by atoms with Crippen LogP contribution in [0.2, 0.25) is 0 Å². The topological polar surface area (TPSA) is 29.1 Å². The molecule has 0 saturated heterocycles. The molecule has 104 valence electrons. The van der Waals surface area contributed by atoms with Crippen LogP contribution in [0.3, 0.4) is 0 Å². The smallest absolute Gasteiger partial charge is 0.220 e. The van der Waals surface area contributed by atoms with Gasteiger partial charge in [-0.3, -0.25) is 4.79 Å². The van der Waals surface area contributed by atoms with Crippen molar-refractivity contribution < 1.29 is 4.79 Å². The molecule has 19 heavy (non-hydrogen) atoms. The minimum absolute atomic E-state index is 0.203. The summed E-state index contributed by atoms with van der Waals surface area (Å²) in [6.45, 7) is 2.91. The Morgan fingerprint density at radius 1 is 1.37 bits per heavy atom. The molecule has 0 aromatic heterocycles. The molecule has 3 heteroatoms. The first-order valence-corrected chi connectivity index (χ1v) is 8.34. The van der Waals surface area contributed by atoms with Crippen LogP contribution >= 0.6 is 11.8 Å². The van der Waals surface area contributed by atoms with Gasteiger partial charge in [0.2, 0.25) is 5.91 Å². The first-order valence-electron chi connectivity index (χ1n) is 7.12. The van der Waals surface area contributed by atoms with Gasteiger partial charge in [-0.05, 0) is 37.1 Å². The van der Waals surface area contributed by atoms with Gasteiger partial charge in [0.15, 0.2) is 0 Å². The van der Waals surface area contributed by atoms with Crippen LogP contribution in [0.1, 0.15) is 44.6 Å². The zero-order valence-electron chi connectivity index (χ0n) is 11.9. The summed E-state index contributed by atoms with van der Waals surface area (Å²) in [6, 6.07) is 8.59. The van der Waals surface area contributed by atoms with Gasteiger partial charge in [-0.25, -0.2) is 0 Å². The summed E-state index contributed by atoms with van der Waals surface area (Å²) in [6.07, 6.45) is 7.23. The minimum atomic E-state index is 0.203.